The van der Waals surface area contributed by atoms with Crippen molar-refractivity contribution in [3.8, 4) is 0 Å². The van der Waals surface area contributed by atoms with Crippen LogP contribution in [0.25, 0.3) is 0 Å². The number of nitrogens with zero attached hydrogens (tertiary/aromatic N) is 1. The fourth-order valence-corrected chi connectivity index (χ4v) is 4.35. The van der Waals surface area contributed by atoms with E-state index < -0.39 is 0 Å². The van der Waals surface area contributed by atoms with Gasteiger partial charge in [0, 0.05) is 6.04 Å². The minimum atomic E-state index is -0.341. The Bertz CT molecular complexity index is 609. The minimum absolute atomic E-state index is 0.162. The molecule has 2 atom stereocenters. The molecule has 0 aromatic heterocycles. The fourth-order valence-electron chi connectivity index (χ4n) is 4.35. The zero-order valence-corrected chi connectivity index (χ0v) is 13.3. The summed E-state index contributed by atoms with van der Waals surface area (Å²) in [7, 11) is 2.52. The van der Waals surface area contributed by atoms with E-state index in [4.69, 9.17) is 4.65 Å². The lowest BCUT2D eigenvalue weighted by Crippen LogP contribution is -2.41. The van der Waals surface area contributed by atoms with Crippen LogP contribution in [0.3, 0.4) is 0 Å². The van der Waals surface area contributed by atoms with Gasteiger partial charge in [0.15, 0.2) is 0 Å². The molecule has 0 amide bonds. The van der Waals surface area contributed by atoms with Crippen LogP contribution in [0.5, 0.6) is 0 Å². The Balaban J connectivity index is 1.91. The molecule has 0 bridgehead atoms. The zero-order chi connectivity index (χ0) is 15.2. The van der Waals surface area contributed by atoms with Crippen LogP contribution < -0.4 is 0 Å². The van der Waals surface area contributed by atoms with E-state index in [2.05, 4.69) is 80.1 Å². The summed E-state index contributed by atoms with van der Waals surface area (Å²) in [6.45, 7) is 3.33. The first-order valence-corrected chi connectivity index (χ1v) is 8.26. The van der Waals surface area contributed by atoms with Crippen LogP contribution in [-0.2, 0) is 10.3 Å². The van der Waals surface area contributed by atoms with Gasteiger partial charge in [0.1, 0.15) is 13.4 Å². The Kier molecular flexibility index (Phi) is 3.39. The van der Waals surface area contributed by atoms with Crippen LogP contribution in [-0.4, -0.2) is 32.3 Å². The lowest BCUT2D eigenvalue weighted by atomic mass is 9.76. The Morgan fingerprint density at radius 3 is 2.14 bits per heavy atom. The molecule has 2 fully saturated rings. The summed E-state index contributed by atoms with van der Waals surface area (Å²) in [6, 6.07) is 21.9. The number of hydrogen-bond acceptors (Lipinski definition) is 2. The van der Waals surface area contributed by atoms with Crippen molar-refractivity contribution in [2.45, 2.75) is 30.7 Å². The second kappa shape index (κ2) is 5.29. The number of hydrogen-bond donors (Lipinski definition) is 0. The maximum Gasteiger partial charge on any atom is 0.380 e. The molecule has 0 spiro atoms. The Morgan fingerprint density at radius 1 is 1.05 bits per heavy atom. The average molecular weight is 289 g/mol. The van der Waals surface area contributed by atoms with Gasteiger partial charge in [0.2, 0.25) is 0 Å². The topological polar surface area (TPSA) is 12.5 Å². The molecule has 0 N–H and O–H groups in total. The van der Waals surface area contributed by atoms with Crippen molar-refractivity contribution in [3.63, 3.8) is 0 Å². The predicted molar refractivity (Wildman–Crippen MR) is 93.8 cm³/mol. The van der Waals surface area contributed by atoms with Crippen LogP contribution in [0, 0.1) is 0 Å². The quantitative estimate of drug-likeness (QED) is 0.788. The SMILES string of the molecule is BC1CC2N(C1)B(C)OC2(c1ccccc1)c1ccccc1. The molecule has 2 nitrogen and oxygen atoms in total. The van der Waals surface area contributed by atoms with E-state index in [1.165, 1.54) is 17.5 Å². The smallest absolute Gasteiger partial charge is 0.380 e. The van der Waals surface area contributed by atoms with Crippen LogP contribution in [0.2, 0.25) is 12.6 Å². The molecular weight excluding hydrogens is 268 g/mol. The first-order valence-electron chi connectivity index (χ1n) is 8.26. The summed E-state index contributed by atoms with van der Waals surface area (Å²) in [6.07, 6.45) is 1.19. The minimum Gasteiger partial charge on any atom is -0.406 e. The van der Waals surface area contributed by atoms with E-state index in [9.17, 15) is 0 Å². The molecule has 0 aliphatic carbocycles. The van der Waals surface area contributed by atoms with Crippen molar-refractivity contribution >= 4 is 14.9 Å². The highest BCUT2D eigenvalue weighted by atomic mass is 16.5. The molecule has 2 heterocycles. The van der Waals surface area contributed by atoms with Gasteiger partial charge >= 0.3 is 7.05 Å². The summed E-state index contributed by atoms with van der Waals surface area (Å²) < 4.78 is 6.66. The molecule has 2 aliphatic rings. The van der Waals surface area contributed by atoms with Crippen LogP contribution in [0.15, 0.2) is 60.7 Å². The molecule has 2 unspecified atom stereocenters. The third-order valence-corrected chi connectivity index (χ3v) is 5.25. The standard InChI is InChI=1S/C18H21B2NO/c1-20-21-13-16(19)12-17(21)18(22-20,14-8-4-2-5-9-14)15-10-6-3-7-11-15/h2-11,16-17H,12-13,19H2,1H3. The van der Waals surface area contributed by atoms with Gasteiger partial charge < -0.3 is 9.47 Å². The van der Waals surface area contributed by atoms with Gasteiger partial charge in [0.25, 0.3) is 0 Å². The summed E-state index contributed by atoms with van der Waals surface area (Å²) in [5.41, 5.74) is 2.21. The van der Waals surface area contributed by atoms with E-state index in [-0.39, 0.29) is 12.7 Å². The van der Waals surface area contributed by atoms with Gasteiger partial charge in [-0.05, 0) is 30.9 Å². The molecule has 4 rings (SSSR count). The second-order valence-electron chi connectivity index (χ2n) is 6.74. The lowest BCUT2D eigenvalue weighted by molar-refractivity contribution is 0.106. The van der Waals surface area contributed by atoms with Gasteiger partial charge in [0.05, 0.1) is 0 Å². The van der Waals surface area contributed by atoms with Gasteiger partial charge in [-0.3, -0.25) is 0 Å². The van der Waals surface area contributed by atoms with E-state index >= 15 is 0 Å². The molecule has 22 heavy (non-hydrogen) atoms. The highest BCUT2D eigenvalue weighted by molar-refractivity contribution is 6.48. The highest BCUT2D eigenvalue weighted by Crippen LogP contribution is 2.50. The highest BCUT2D eigenvalue weighted by Gasteiger charge is 2.57. The maximum absolute atomic E-state index is 6.66. The summed E-state index contributed by atoms with van der Waals surface area (Å²) >= 11 is 0. The van der Waals surface area contributed by atoms with E-state index in [0.717, 1.165) is 12.4 Å². The Labute approximate surface area is 134 Å². The van der Waals surface area contributed by atoms with Crippen molar-refractivity contribution in [2.24, 2.45) is 0 Å². The van der Waals surface area contributed by atoms with E-state index in [0.29, 0.717) is 6.04 Å². The van der Waals surface area contributed by atoms with Gasteiger partial charge in [-0.2, -0.15) is 0 Å². The average Bonchev–Trinajstić information content (AvgIpc) is 3.07. The fraction of sp³-hybridized carbons (Fsp3) is 0.333. The summed E-state index contributed by atoms with van der Waals surface area (Å²) in [5, 5.41) is 0. The third kappa shape index (κ3) is 1.98. The van der Waals surface area contributed by atoms with Crippen molar-refractivity contribution in [1.29, 1.82) is 0 Å². The molecule has 110 valence electrons. The van der Waals surface area contributed by atoms with Crippen molar-refractivity contribution in [1.82, 2.24) is 4.81 Å². The summed E-state index contributed by atoms with van der Waals surface area (Å²) in [4.78, 5) is 2.55. The Morgan fingerprint density at radius 2 is 1.59 bits per heavy atom. The van der Waals surface area contributed by atoms with Gasteiger partial charge in [-0.25, -0.2) is 0 Å². The maximum atomic E-state index is 6.66. The van der Waals surface area contributed by atoms with Gasteiger partial charge in [-0.15, -0.1) is 0 Å². The summed E-state index contributed by atoms with van der Waals surface area (Å²) in [5.74, 6) is 0.725. The number of fused-ring (bicyclic) bond motifs is 1. The molecule has 0 radical (unpaired) electrons. The zero-order valence-electron chi connectivity index (χ0n) is 13.3. The normalized spacial score (nSPS) is 27.0. The first kappa shape index (κ1) is 14.1. The van der Waals surface area contributed by atoms with E-state index in [1.807, 2.05) is 0 Å². The Hall–Kier alpha value is -1.51. The number of benzene rings is 2. The van der Waals surface area contributed by atoms with Crippen molar-refractivity contribution < 1.29 is 4.65 Å². The third-order valence-electron chi connectivity index (χ3n) is 5.25. The van der Waals surface area contributed by atoms with Crippen LogP contribution >= 0.6 is 0 Å². The molecule has 0 saturated carbocycles. The molecule has 2 aromatic rings. The first-order chi connectivity index (χ1) is 10.7. The second-order valence-corrected chi connectivity index (χ2v) is 6.74. The molecule has 2 saturated heterocycles. The number of rotatable bonds is 2. The van der Waals surface area contributed by atoms with Gasteiger partial charge in [-0.1, -0.05) is 66.5 Å². The predicted octanol–water partition coefficient (Wildman–Crippen LogP) is 2.57. The molecular formula is C18H21B2NO. The van der Waals surface area contributed by atoms with Crippen LogP contribution in [0.4, 0.5) is 0 Å². The largest absolute Gasteiger partial charge is 0.406 e. The van der Waals surface area contributed by atoms with Crippen molar-refractivity contribution in [2.75, 3.05) is 6.54 Å². The van der Waals surface area contributed by atoms with E-state index in [1.54, 1.807) is 0 Å². The van der Waals surface area contributed by atoms with Crippen LogP contribution in [0.1, 0.15) is 17.5 Å². The lowest BCUT2D eigenvalue weighted by Gasteiger charge is -2.36. The molecule has 2 aromatic carbocycles. The molecule has 4 heteroatoms. The van der Waals surface area contributed by atoms with Crippen molar-refractivity contribution in [3.05, 3.63) is 71.8 Å². The monoisotopic (exact) mass is 289 g/mol. The molecule has 2 aliphatic heterocycles.